The predicted molar refractivity (Wildman–Crippen MR) is 86.4 cm³/mol. The van der Waals surface area contributed by atoms with E-state index in [1.165, 1.54) is 12.3 Å². The lowest BCUT2D eigenvalue weighted by atomic mass is 10.2. The second-order valence-electron chi connectivity index (χ2n) is 4.67. The van der Waals surface area contributed by atoms with Crippen LogP contribution in [0.1, 0.15) is 17.5 Å². The molecule has 2 rings (SSSR count). The van der Waals surface area contributed by atoms with Crippen molar-refractivity contribution >= 4 is 11.9 Å². The third-order valence-electron chi connectivity index (χ3n) is 2.86. The maximum atomic E-state index is 11.5. The number of carbonyl (C=O) groups is 1. The largest absolute Gasteiger partial charge is 0.504 e. The number of nitrogens with zero attached hydrogens (tertiary/aromatic N) is 1. The van der Waals surface area contributed by atoms with E-state index >= 15 is 0 Å². The minimum atomic E-state index is -0.484. The molecule has 1 aromatic carbocycles. The molecule has 6 nitrogen and oxygen atoms in total. The van der Waals surface area contributed by atoms with E-state index in [4.69, 9.17) is 10.5 Å². The predicted octanol–water partition coefficient (Wildman–Crippen LogP) is 2.04. The number of amides is 1. The van der Waals surface area contributed by atoms with Crippen LogP contribution in [0.15, 0.2) is 42.6 Å². The Bertz CT molecular complexity index is 721. The van der Waals surface area contributed by atoms with Crippen LogP contribution in [0.4, 0.5) is 10.6 Å². The fraction of sp³-hybridized carbons (Fsp3) is 0.176. The lowest BCUT2D eigenvalue weighted by Crippen LogP contribution is -2.24. The molecule has 0 spiro atoms. The first-order valence-electron chi connectivity index (χ1n) is 7.03. The van der Waals surface area contributed by atoms with Crippen LogP contribution in [0.2, 0.25) is 0 Å². The van der Waals surface area contributed by atoms with Crippen molar-refractivity contribution in [3.05, 3.63) is 53.7 Å². The third kappa shape index (κ3) is 5.59. The van der Waals surface area contributed by atoms with Crippen LogP contribution in [0, 0.1) is 11.8 Å². The number of hydrogen-bond donors (Lipinski definition) is 3. The van der Waals surface area contributed by atoms with Crippen LogP contribution < -0.4 is 11.1 Å². The third-order valence-corrected chi connectivity index (χ3v) is 2.86. The molecule has 4 N–H and O–H groups in total. The number of rotatable bonds is 4. The first kappa shape index (κ1) is 16.2. The Kier molecular flexibility index (Phi) is 5.83. The first-order chi connectivity index (χ1) is 11.1. The lowest BCUT2D eigenvalue weighted by molar-refractivity contribution is 0.140. The number of carbonyl (C=O) groups excluding carboxylic acids is 1. The fourth-order valence-corrected chi connectivity index (χ4v) is 1.70. The van der Waals surface area contributed by atoms with Crippen LogP contribution in [0.3, 0.4) is 0 Å². The van der Waals surface area contributed by atoms with Crippen LogP contribution in [0.25, 0.3) is 0 Å². The average Bonchev–Trinajstić information content (AvgIpc) is 2.57. The number of anilines is 1. The van der Waals surface area contributed by atoms with E-state index < -0.39 is 6.09 Å². The Labute approximate surface area is 134 Å². The van der Waals surface area contributed by atoms with Gasteiger partial charge in [-0.25, -0.2) is 9.78 Å². The van der Waals surface area contributed by atoms with Gasteiger partial charge in [0.2, 0.25) is 0 Å². The summed E-state index contributed by atoms with van der Waals surface area (Å²) in [6, 6.07) is 10.9. The molecule has 118 valence electrons. The zero-order chi connectivity index (χ0) is 16.5. The van der Waals surface area contributed by atoms with Gasteiger partial charge >= 0.3 is 6.09 Å². The molecule has 6 heteroatoms. The summed E-state index contributed by atoms with van der Waals surface area (Å²) < 4.78 is 5.07. The van der Waals surface area contributed by atoms with Crippen molar-refractivity contribution in [3.63, 3.8) is 0 Å². The molecule has 0 aliphatic heterocycles. The van der Waals surface area contributed by atoms with Crippen LogP contribution in [0.5, 0.6) is 5.75 Å². The average molecular weight is 311 g/mol. The Morgan fingerprint density at radius 1 is 1.35 bits per heavy atom. The van der Waals surface area contributed by atoms with Crippen LogP contribution >= 0.6 is 0 Å². The Hall–Kier alpha value is -3.20. The molecule has 0 unspecified atom stereocenters. The van der Waals surface area contributed by atoms with Gasteiger partial charge in [0.05, 0.1) is 0 Å². The van der Waals surface area contributed by atoms with E-state index in [2.05, 4.69) is 22.1 Å². The molecule has 1 aromatic heterocycles. The fourth-order valence-electron chi connectivity index (χ4n) is 1.70. The number of benzene rings is 1. The van der Waals surface area contributed by atoms with Crippen molar-refractivity contribution < 1.29 is 14.6 Å². The highest BCUT2D eigenvalue weighted by Crippen LogP contribution is 2.16. The highest BCUT2D eigenvalue weighted by atomic mass is 16.5. The van der Waals surface area contributed by atoms with Gasteiger partial charge in [-0.05, 0) is 5.56 Å². The van der Waals surface area contributed by atoms with Crippen molar-refractivity contribution in [2.45, 2.75) is 13.0 Å². The molecule has 2 aromatic rings. The number of hydrogen-bond acceptors (Lipinski definition) is 5. The Morgan fingerprint density at radius 2 is 2.13 bits per heavy atom. The van der Waals surface area contributed by atoms with E-state index in [9.17, 15) is 9.90 Å². The quantitative estimate of drug-likeness (QED) is 0.593. The molecule has 0 atom stereocenters. The van der Waals surface area contributed by atoms with Crippen LogP contribution in [-0.4, -0.2) is 22.7 Å². The molecular formula is C17H17N3O3. The molecule has 0 aliphatic carbocycles. The normalized spacial score (nSPS) is 9.57. The van der Waals surface area contributed by atoms with E-state index in [1.807, 2.05) is 30.3 Å². The highest BCUT2D eigenvalue weighted by molar-refractivity contribution is 5.67. The van der Waals surface area contributed by atoms with Gasteiger partial charge in [-0.1, -0.05) is 42.2 Å². The van der Waals surface area contributed by atoms with Crippen molar-refractivity contribution in [1.82, 2.24) is 10.3 Å². The molecule has 1 amide bonds. The molecular weight excluding hydrogens is 294 g/mol. The number of nitrogens with two attached hydrogens (primary N) is 1. The number of aromatic nitrogens is 1. The zero-order valence-electron chi connectivity index (χ0n) is 12.5. The zero-order valence-corrected chi connectivity index (χ0v) is 12.5. The smallest absolute Gasteiger partial charge is 0.407 e. The highest BCUT2D eigenvalue weighted by Gasteiger charge is 2.01. The lowest BCUT2D eigenvalue weighted by Gasteiger charge is -2.05. The number of aromatic hydroxyl groups is 1. The van der Waals surface area contributed by atoms with Gasteiger partial charge in [0.25, 0.3) is 0 Å². The van der Waals surface area contributed by atoms with Gasteiger partial charge in [0, 0.05) is 30.8 Å². The monoisotopic (exact) mass is 311 g/mol. The maximum absolute atomic E-state index is 11.5. The number of nitrogen functional groups attached to an aromatic ring is 1. The molecule has 0 radical (unpaired) electrons. The minimum absolute atomic E-state index is 0.0679. The summed E-state index contributed by atoms with van der Waals surface area (Å²) in [6.45, 7) is 0.601. The van der Waals surface area contributed by atoms with E-state index in [1.54, 1.807) is 0 Å². The van der Waals surface area contributed by atoms with Crippen molar-refractivity contribution in [2.75, 3.05) is 12.3 Å². The van der Waals surface area contributed by atoms with Gasteiger partial charge in [-0.15, -0.1) is 0 Å². The van der Waals surface area contributed by atoms with Crippen molar-refractivity contribution in [3.8, 4) is 17.6 Å². The van der Waals surface area contributed by atoms with E-state index in [0.717, 1.165) is 5.56 Å². The summed E-state index contributed by atoms with van der Waals surface area (Å²) in [6.07, 6.45) is 1.44. The number of nitrogens with one attached hydrogen (secondary N) is 1. The summed E-state index contributed by atoms with van der Waals surface area (Å²) in [4.78, 5) is 15.3. The molecule has 23 heavy (non-hydrogen) atoms. The number of ether oxygens (including phenoxy) is 1. The summed E-state index contributed by atoms with van der Waals surface area (Å²) >= 11 is 0. The maximum Gasteiger partial charge on any atom is 0.407 e. The Balaban J connectivity index is 1.68. The summed E-state index contributed by atoms with van der Waals surface area (Å²) in [5.74, 6) is 5.66. The Morgan fingerprint density at radius 3 is 2.87 bits per heavy atom. The van der Waals surface area contributed by atoms with Gasteiger partial charge < -0.3 is 20.9 Å². The topological polar surface area (TPSA) is 97.5 Å². The number of pyridine rings is 1. The molecule has 1 heterocycles. The van der Waals surface area contributed by atoms with E-state index in [-0.39, 0.29) is 18.2 Å². The van der Waals surface area contributed by atoms with Crippen molar-refractivity contribution in [1.29, 1.82) is 0 Å². The summed E-state index contributed by atoms with van der Waals surface area (Å²) in [5, 5.41) is 12.0. The van der Waals surface area contributed by atoms with E-state index in [0.29, 0.717) is 18.5 Å². The summed E-state index contributed by atoms with van der Waals surface area (Å²) in [7, 11) is 0. The first-order valence-corrected chi connectivity index (χ1v) is 7.03. The van der Waals surface area contributed by atoms with Gasteiger partial charge in [0.1, 0.15) is 6.61 Å². The van der Waals surface area contributed by atoms with Crippen LogP contribution in [-0.2, 0) is 11.3 Å². The molecule has 0 aliphatic rings. The molecule has 0 fully saturated rings. The van der Waals surface area contributed by atoms with Gasteiger partial charge in [-0.3, -0.25) is 0 Å². The van der Waals surface area contributed by atoms with Crippen molar-refractivity contribution in [2.24, 2.45) is 0 Å². The molecule has 0 bridgehead atoms. The van der Waals surface area contributed by atoms with Gasteiger partial charge in [-0.2, -0.15) is 0 Å². The molecule has 0 saturated carbocycles. The standard InChI is InChI=1S/C17H17N3O3/c18-16-15(21)10-14(11-20-16)8-4-5-9-19-17(22)23-12-13-6-2-1-3-7-13/h1-3,6-7,10-11,21H,5,9,12H2,(H2,18,20)(H,19,22). The second-order valence-corrected chi connectivity index (χ2v) is 4.67. The van der Waals surface area contributed by atoms with Gasteiger partial charge in [0.15, 0.2) is 11.6 Å². The SMILES string of the molecule is Nc1ncc(C#CCCNC(=O)OCc2ccccc2)cc1O. The minimum Gasteiger partial charge on any atom is -0.504 e. The molecule has 0 saturated heterocycles. The number of alkyl carbamates (subject to hydrolysis) is 1. The second kappa shape index (κ2) is 8.29. The summed E-state index contributed by atoms with van der Waals surface area (Å²) in [5.41, 5.74) is 6.89.